The molecule has 6 nitrogen and oxygen atoms in total. The number of hydrogen-bond acceptors (Lipinski definition) is 3. The fourth-order valence-electron chi connectivity index (χ4n) is 7.18. The zero-order valence-corrected chi connectivity index (χ0v) is 32.4. The molecule has 0 saturated carbocycles. The molecule has 8 rings (SSSR count). The van der Waals surface area contributed by atoms with Crippen LogP contribution < -0.4 is 9.42 Å². The molecule has 0 radical (unpaired) electrons. The minimum Gasteiger partial charge on any atom is -0.458 e. The molecule has 0 spiro atoms. The van der Waals surface area contributed by atoms with Crippen LogP contribution in [0.15, 0.2) is 140 Å². The summed E-state index contributed by atoms with van der Waals surface area (Å²) in [6.07, 6.45) is 5.51. The number of nitrogens with zero attached hydrogens (tertiary/aromatic N) is 5. The van der Waals surface area contributed by atoms with Gasteiger partial charge in [0.15, 0.2) is 5.82 Å². The Labute approximate surface area is 318 Å². The highest BCUT2D eigenvalue weighted by molar-refractivity contribution is 6.09. The lowest BCUT2D eigenvalue weighted by Gasteiger charge is -2.25. The maximum absolute atomic E-state index is 6.68. The molecule has 0 N–H and O–H groups in total. The molecule has 270 valence electrons. The van der Waals surface area contributed by atoms with Gasteiger partial charge in [-0.05, 0) is 70.0 Å². The summed E-state index contributed by atoms with van der Waals surface area (Å²) in [5.74, 6) is 3.21. The van der Waals surface area contributed by atoms with E-state index < -0.39 is 5.41 Å². The van der Waals surface area contributed by atoms with Crippen molar-refractivity contribution in [3.63, 3.8) is 0 Å². The van der Waals surface area contributed by atoms with E-state index in [1.54, 1.807) is 0 Å². The van der Waals surface area contributed by atoms with Crippen LogP contribution in [0.4, 0.5) is 0 Å². The van der Waals surface area contributed by atoms with Gasteiger partial charge in [0.05, 0.1) is 22.4 Å². The summed E-state index contributed by atoms with van der Waals surface area (Å²) in [6, 6.07) is 46.4. The maximum atomic E-state index is 6.68. The third kappa shape index (κ3) is 6.47. The SMILES string of the molecule is CC(C)(C)c1cccc(-[n+]2[c-]n(-c3cccc(Oc4ccc5c6ccccc6n(-c6cc(C(C)(C)C)ccn6)c5c4)c3)c(C(C)(C)c3ccccc3)n2)c1. The van der Waals surface area contributed by atoms with Crippen LogP contribution in [0.1, 0.15) is 77.9 Å². The van der Waals surface area contributed by atoms with E-state index in [4.69, 9.17) is 14.8 Å². The highest BCUT2D eigenvalue weighted by Crippen LogP contribution is 2.37. The molecule has 8 aromatic rings. The van der Waals surface area contributed by atoms with Crippen molar-refractivity contribution in [3.8, 4) is 28.7 Å². The summed E-state index contributed by atoms with van der Waals surface area (Å²) in [5, 5.41) is 7.56. The fourth-order valence-corrected chi connectivity index (χ4v) is 7.18. The van der Waals surface area contributed by atoms with E-state index in [0.717, 1.165) is 45.2 Å². The van der Waals surface area contributed by atoms with E-state index >= 15 is 0 Å². The quantitative estimate of drug-likeness (QED) is 0.122. The zero-order valence-electron chi connectivity index (χ0n) is 32.4. The topological polar surface area (TPSA) is 48.8 Å². The summed E-state index contributed by atoms with van der Waals surface area (Å²) >= 11 is 0. The number of rotatable bonds is 7. The molecule has 3 heterocycles. The molecule has 54 heavy (non-hydrogen) atoms. The number of hydrogen-bond donors (Lipinski definition) is 0. The fraction of sp³-hybridized carbons (Fsp3) is 0.229. The van der Waals surface area contributed by atoms with Crippen molar-refractivity contribution in [2.75, 3.05) is 0 Å². The van der Waals surface area contributed by atoms with E-state index in [9.17, 15) is 0 Å². The van der Waals surface area contributed by atoms with E-state index in [0.29, 0.717) is 5.75 Å². The van der Waals surface area contributed by atoms with Crippen molar-refractivity contribution < 1.29 is 9.42 Å². The molecule has 0 aliphatic rings. The van der Waals surface area contributed by atoms with Crippen LogP contribution in [0.2, 0.25) is 0 Å². The Hall–Kier alpha value is -6.01. The van der Waals surface area contributed by atoms with Gasteiger partial charge in [-0.1, -0.05) is 140 Å². The second-order valence-corrected chi connectivity index (χ2v) is 16.7. The largest absolute Gasteiger partial charge is 0.458 e. The van der Waals surface area contributed by atoms with Crippen molar-refractivity contribution in [3.05, 3.63) is 168 Å². The van der Waals surface area contributed by atoms with Crippen LogP contribution in [-0.4, -0.2) is 19.2 Å². The Kier molecular flexibility index (Phi) is 8.52. The third-order valence-corrected chi connectivity index (χ3v) is 10.4. The van der Waals surface area contributed by atoms with Crippen molar-refractivity contribution in [1.82, 2.24) is 19.2 Å². The Balaban J connectivity index is 1.22. The van der Waals surface area contributed by atoms with Gasteiger partial charge < -0.3 is 4.74 Å². The van der Waals surface area contributed by atoms with E-state index in [1.807, 2.05) is 35.1 Å². The summed E-state index contributed by atoms with van der Waals surface area (Å²) in [7, 11) is 0. The van der Waals surface area contributed by atoms with Crippen molar-refractivity contribution >= 4 is 21.8 Å². The van der Waals surface area contributed by atoms with E-state index in [-0.39, 0.29) is 10.8 Å². The molecule has 0 unspecified atom stereocenters. The Morgan fingerprint density at radius 1 is 0.574 bits per heavy atom. The average Bonchev–Trinajstić information content (AvgIpc) is 3.76. The first-order chi connectivity index (χ1) is 25.8. The molecule has 0 atom stereocenters. The molecule has 6 heteroatoms. The molecular formula is C48H47N5O. The number of pyridine rings is 1. The standard InChI is InChI=1S/C48H47N5O/c1-46(2,3)34-18-14-20-37(28-34)52-32-51(45(50-52)48(7,8)33-16-10-9-11-17-33)36-19-15-21-38(30-36)54-39-24-25-41-40-22-12-13-23-42(40)53(43(41)31-39)44-29-35(26-27-49-44)47(4,5)6/h9-31H,1-8H3. The van der Waals surface area contributed by atoms with Crippen LogP contribution >= 0.6 is 0 Å². The van der Waals surface area contributed by atoms with Gasteiger partial charge in [0.2, 0.25) is 0 Å². The summed E-state index contributed by atoms with van der Waals surface area (Å²) < 4.78 is 12.9. The van der Waals surface area contributed by atoms with Crippen molar-refractivity contribution in [2.45, 2.75) is 71.6 Å². The van der Waals surface area contributed by atoms with Crippen molar-refractivity contribution in [2.24, 2.45) is 0 Å². The molecule has 0 aliphatic heterocycles. The Morgan fingerprint density at radius 3 is 2.02 bits per heavy atom. The lowest BCUT2D eigenvalue weighted by atomic mass is 9.83. The molecule has 3 aromatic heterocycles. The van der Waals surface area contributed by atoms with Gasteiger partial charge in [0, 0.05) is 28.5 Å². The number of fused-ring (bicyclic) bond motifs is 3. The van der Waals surface area contributed by atoms with Gasteiger partial charge in [-0.2, -0.15) is 4.68 Å². The number of para-hydroxylation sites is 1. The lowest BCUT2D eigenvalue weighted by molar-refractivity contribution is -0.662. The van der Waals surface area contributed by atoms with Gasteiger partial charge in [0.25, 0.3) is 6.33 Å². The predicted octanol–water partition coefficient (Wildman–Crippen LogP) is 11.2. The average molecular weight is 710 g/mol. The first-order valence-electron chi connectivity index (χ1n) is 18.7. The first kappa shape index (κ1) is 35.0. The number of ether oxygens (including phenoxy) is 1. The van der Waals surface area contributed by atoms with Gasteiger partial charge in [-0.25, -0.2) is 4.98 Å². The van der Waals surface area contributed by atoms with Crippen LogP contribution in [0, 0.1) is 6.33 Å². The molecule has 0 bridgehead atoms. The lowest BCUT2D eigenvalue weighted by Crippen LogP contribution is -2.34. The zero-order chi connectivity index (χ0) is 37.8. The van der Waals surface area contributed by atoms with Gasteiger partial charge in [-0.15, -0.1) is 5.10 Å². The molecule has 5 aromatic carbocycles. The highest BCUT2D eigenvalue weighted by atomic mass is 16.5. The monoisotopic (exact) mass is 709 g/mol. The number of benzene rings is 5. The maximum Gasteiger partial charge on any atom is 0.273 e. The molecule has 0 amide bonds. The van der Waals surface area contributed by atoms with Gasteiger partial charge in [-0.3, -0.25) is 9.13 Å². The van der Waals surface area contributed by atoms with Crippen molar-refractivity contribution in [1.29, 1.82) is 0 Å². The van der Waals surface area contributed by atoms with Crippen LogP contribution in [0.5, 0.6) is 11.5 Å². The van der Waals surface area contributed by atoms with E-state index in [1.165, 1.54) is 22.1 Å². The van der Waals surface area contributed by atoms with E-state index in [2.05, 4.69) is 180 Å². The minimum atomic E-state index is -0.432. The summed E-state index contributed by atoms with van der Waals surface area (Å²) in [4.78, 5) is 4.85. The third-order valence-electron chi connectivity index (χ3n) is 10.4. The predicted molar refractivity (Wildman–Crippen MR) is 219 cm³/mol. The smallest absolute Gasteiger partial charge is 0.273 e. The Bertz CT molecular complexity index is 2630. The number of aromatic nitrogens is 5. The van der Waals surface area contributed by atoms with Gasteiger partial charge >= 0.3 is 0 Å². The Morgan fingerprint density at radius 2 is 1.24 bits per heavy atom. The second-order valence-electron chi connectivity index (χ2n) is 16.7. The van der Waals surface area contributed by atoms with Crippen LogP contribution in [0.3, 0.4) is 0 Å². The first-order valence-corrected chi connectivity index (χ1v) is 18.7. The molecule has 0 saturated heterocycles. The minimum absolute atomic E-state index is 0.00129. The summed E-state index contributed by atoms with van der Waals surface area (Å²) in [6.45, 7) is 17.8. The van der Waals surface area contributed by atoms with Crippen LogP contribution in [0.25, 0.3) is 39.0 Å². The van der Waals surface area contributed by atoms with Crippen LogP contribution in [-0.2, 0) is 16.2 Å². The van der Waals surface area contributed by atoms with Gasteiger partial charge in [0.1, 0.15) is 17.3 Å². The molecular weight excluding hydrogens is 663 g/mol. The summed E-state index contributed by atoms with van der Waals surface area (Å²) in [5.41, 5.74) is 7.22. The normalized spacial score (nSPS) is 12.4. The second kappa shape index (κ2) is 13.1. The molecule has 0 fully saturated rings. The highest BCUT2D eigenvalue weighted by Gasteiger charge is 2.31. The molecule has 0 aliphatic carbocycles.